The van der Waals surface area contributed by atoms with E-state index in [0.717, 1.165) is 0 Å². The van der Waals surface area contributed by atoms with Gasteiger partial charge in [0.15, 0.2) is 5.17 Å². The van der Waals surface area contributed by atoms with Crippen LogP contribution >= 0.6 is 35.0 Å². The molecule has 3 rings (SSSR count). The van der Waals surface area contributed by atoms with Gasteiger partial charge in [-0.3, -0.25) is 9.59 Å². The number of methoxy groups -OCH3 is 1. The Balaban J connectivity index is 1.66. The Morgan fingerprint density at radius 2 is 2.07 bits per heavy atom. The van der Waals surface area contributed by atoms with E-state index in [-0.39, 0.29) is 18.2 Å². The van der Waals surface area contributed by atoms with E-state index in [9.17, 15) is 9.59 Å². The second-order valence-corrected chi connectivity index (χ2v) is 7.60. The van der Waals surface area contributed by atoms with Gasteiger partial charge in [-0.05, 0) is 30.3 Å². The lowest BCUT2D eigenvalue weighted by molar-refractivity contribution is -0.122. The van der Waals surface area contributed by atoms with Gasteiger partial charge in [-0.15, -0.1) is 0 Å². The number of aliphatic imine (C=N–C) groups is 1. The van der Waals surface area contributed by atoms with Crippen LogP contribution in [-0.4, -0.2) is 29.3 Å². The lowest BCUT2D eigenvalue weighted by Gasteiger charge is -2.11. The summed E-state index contributed by atoms with van der Waals surface area (Å²) < 4.78 is 5.20. The number of thioether (sulfide) groups is 1. The molecule has 140 valence electrons. The van der Waals surface area contributed by atoms with Crippen LogP contribution in [0.2, 0.25) is 10.0 Å². The lowest BCUT2D eigenvalue weighted by atomic mass is 10.2. The van der Waals surface area contributed by atoms with Gasteiger partial charge < -0.3 is 15.4 Å². The Morgan fingerprint density at radius 1 is 1.30 bits per heavy atom. The molecule has 0 spiro atoms. The molecule has 1 fully saturated rings. The molecule has 1 heterocycles. The molecule has 0 bridgehead atoms. The molecular weight excluding hydrogens is 409 g/mol. The van der Waals surface area contributed by atoms with Crippen LogP contribution in [-0.2, 0) is 9.59 Å². The van der Waals surface area contributed by atoms with Gasteiger partial charge in [-0.25, -0.2) is 4.99 Å². The number of benzene rings is 2. The number of carbonyl (C=O) groups is 2. The number of amides is 2. The molecule has 1 atom stereocenters. The zero-order chi connectivity index (χ0) is 19.4. The monoisotopic (exact) mass is 423 g/mol. The maximum atomic E-state index is 12.3. The van der Waals surface area contributed by atoms with E-state index in [4.69, 9.17) is 27.9 Å². The second kappa shape index (κ2) is 8.65. The van der Waals surface area contributed by atoms with Crippen LogP contribution in [0.25, 0.3) is 0 Å². The first kappa shape index (κ1) is 19.5. The molecule has 0 aliphatic carbocycles. The van der Waals surface area contributed by atoms with Crippen molar-refractivity contribution in [3.05, 3.63) is 52.5 Å². The fourth-order valence-electron chi connectivity index (χ4n) is 2.39. The minimum Gasteiger partial charge on any atom is -0.495 e. The van der Waals surface area contributed by atoms with Crippen molar-refractivity contribution < 1.29 is 14.3 Å². The first-order chi connectivity index (χ1) is 13.0. The van der Waals surface area contributed by atoms with Crippen LogP contribution in [0.1, 0.15) is 6.42 Å². The Kier molecular flexibility index (Phi) is 6.26. The zero-order valence-corrected chi connectivity index (χ0v) is 16.5. The maximum Gasteiger partial charge on any atom is 0.240 e. The Hall–Kier alpha value is -2.22. The number of hydrogen-bond donors (Lipinski definition) is 2. The fraction of sp³-hybridized carbons (Fsp3) is 0.167. The SMILES string of the molecule is COc1ccc(Cl)cc1NC(=O)CC1SC(=Nc2ccccc2Cl)NC1=O. The summed E-state index contributed by atoms with van der Waals surface area (Å²) in [5.41, 5.74) is 0.999. The highest BCUT2D eigenvalue weighted by Crippen LogP contribution is 2.31. The summed E-state index contributed by atoms with van der Waals surface area (Å²) in [5, 5.41) is 6.16. The largest absolute Gasteiger partial charge is 0.495 e. The quantitative estimate of drug-likeness (QED) is 0.752. The third kappa shape index (κ3) is 4.94. The molecule has 0 aromatic heterocycles. The van der Waals surface area contributed by atoms with Crippen LogP contribution in [0.15, 0.2) is 47.5 Å². The molecule has 1 saturated heterocycles. The summed E-state index contributed by atoms with van der Waals surface area (Å²) in [5.74, 6) is -0.126. The molecule has 2 aromatic carbocycles. The predicted octanol–water partition coefficient (Wildman–Crippen LogP) is 4.25. The summed E-state index contributed by atoms with van der Waals surface area (Å²) in [4.78, 5) is 28.8. The molecule has 0 radical (unpaired) electrons. The zero-order valence-electron chi connectivity index (χ0n) is 14.2. The number of halogens is 2. The third-order valence-electron chi connectivity index (χ3n) is 3.66. The van der Waals surface area contributed by atoms with Gasteiger partial charge in [-0.1, -0.05) is 47.1 Å². The fourth-order valence-corrected chi connectivity index (χ4v) is 3.72. The Labute approximate surface area is 170 Å². The molecule has 1 aliphatic rings. The summed E-state index contributed by atoms with van der Waals surface area (Å²) in [7, 11) is 1.50. The molecule has 0 saturated carbocycles. The van der Waals surface area contributed by atoms with Crippen molar-refractivity contribution in [3.8, 4) is 5.75 Å². The van der Waals surface area contributed by atoms with Crippen LogP contribution in [0.4, 0.5) is 11.4 Å². The lowest BCUT2D eigenvalue weighted by Crippen LogP contribution is -2.28. The van der Waals surface area contributed by atoms with Gasteiger partial charge in [0.1, 0.15) is 11.0 Å². The van der Waals surface area contributed by atoms with Crippen LogP contribution in [0, 0.1) is 0 Å². The van der Waals surface area contributed by atoms with Crippen molar-refractivity contribution in [1.29, 1.82) is 0 Å². The predicted molar refractivity (Wildman–Crippen MR) is 109 cm³/mol. The van der Waals surface area contributed by atoms with Crippen molar-refractivity contribution >= 4 is 63.3 Å². The molecule has 2 N–H and O–H groups in total. The summed E-state index contributed by atoms with van der Waals surface area (Å²) in [6.07, 6.45) is -0.0201. The standard InChI is InChI=1S/C18H15Cl2N3O3S/c1-26-14-7-6-10(19)8-13(14)21-16(24)9-15-17(25)23-18(27-15)22-12-5-3-2-4-11(12)20/h2-8,15H,9H2,1H3,(H,21,24)(H,22,23,25). The first-order valence-electron chi connectivity index (χ1n) is 7.90. The van der Waals surface area contributed by atoms with Gasteiger partial charge in [-0.2, -0.15) is 0 Å². The molecule has 9 heteroatoms. The van der Waals surface area contributed by atoms with Gasteiger partial charge >= 0.3 is 0 Å². The number of amidine groups is 1. The molecule has 2 aromatic rings. The summed E-state index contributed by atoms with van der Waals surface area (Å²) in [6.45, 7) is 0. The molecule has 1 aliphatic heterocycles. The minimum absolute atomic E-state index is 0.0201. The van der Waals surface area contributed by atoms with Gasteiger partial charge in [0.25, 0.3) is 0 Å². The number of nitrogens with zero attached hydrogens (tertiary/aromatic N) is 1. The van der Waals surface area contributed by atoms with E-state index in [1.54, 1.807) is 42.5 Å². The number of rotatable bonds is 5. The molecule has 1 unspecified atom stereocenters. The second-order valence-electron chi connectivity index (χ2n) is 5.56. The minimum atomic E-state index is -0.587. The highest BCUT2D eigenvalue weighted by molar-refractivity contribution is 8.15. The van der Waals surface area contributed by atoms with E-state index in [1.165, 1.54) is 18.9 Å². The number of hydrogen-bond acceptors (Lipinski definition) is 5. The average molecular weight is 424 g/mol. The van der Waals surface area contributed by atoms with Crippen LogP contribution < -0.4 is 15.4 Å². The highest BCUT2D eigenvalue weighted by Gasteiger charge is 2.32. The van der Waals surface area contributed by atoms with E-state index in [0.29, 0.717) is 32.3 Å². The number of carbonyl (C=O) groups excluding carboxylic acids is 2. The Bertz CT molecular complexity index is 920. The topological polar surface area (TPSA) is 79.8 Å². The van der Waals surface area contributed by atoms with Crippen LogP contribution in [0.5, 0.6) is 5.75 Å². The first-order valence-corrected chi connectivity index (χ1v) is 9.54. The van der Waals surface area contributed by atoms with Crippen molar-refractivity contribution in [1.82, 2.24) is 5.32 Å². The highest BCUT2D eigenvalue weighted by atomic mass is 35.5. The van der Waals surface area contributed by atoms with E-state index in [2.05, 4.69) is 15.6 Å². The van der Waals surface area contributed by atoms with Gasteiger partial charge in [0.2, 0.25) is 11.8 Å². The summed E-state index contributed by atoms with van der Waals surface area (Å²) >= 11 is 13.2. The van der Waals surface area contributed by atoms with E-state index in [1.807, 2.05) is 0 Å². The molecule has 2 amide bonds. The normalized spacial score (nSPS) is 17.7. The van der Waals surface area contributed by atoms with Crippen molar-refractivity contribution in [2.24, 2.45) is 4.99 Å². The number of anilines is 1. The Morgan fingerprint density at radius 3 is 2.81 bits per heavy atom. The molecular formula is C18H15Cl2N3O3S. The smallest absolute Gasteiger partial charge is 0.240 e. The number of para-hydroxylation sites is 1. The van der Waals surface area contributed by atoms with Crippen molar-refractivity contribution in [2.45, 2.75) is 11.7 Å². The average Bonchev–Trinajstić information content (AvgIpc) is 2.96. The number of ether oxygens (including phenoxy) is 1. The third-order valence-corrected chi connectivity index (χ3v) is 5.29. The molecule has 27 heavy (non-hydrogen) atoms. The number of nitrogens with one attached hydrogen (secondary N) is 2. The van der Waals surface area contributed by atoms with Crippen LogP contribution in [0.3, 0.4) is 0 Å². The van der Waals surface area contributed by atoms with Gasteiger partial charge in [0, 0.05) is 11.4 Å². The van der Waals surface area contributed by atoms with Gasteiger partial charge in [0.05, 0.1) is 23.5 Å². The van der Waals surface area contributed by atoms with E-state index >= 15 is 0 Å². The van der Waals surface area contributed by atoms with Crippen molar-refractivity contribution in [3.63, 3.8) is 0 Å². The maximum absolute atomic E-state index is 12.3. The van der Waals surface area contributed by atoms with E-state index < -0.39 is 5.25 Å². The summed E-state index contributed by atoms with van der Waals surface area (Å²) in [6, 6.07) is 12.0. The molecule has 6 nitrogen and oxygen atoms in total. The van der Waals surface area contributed by atoms with Crippen molar-refractivity contribution in [2.75, 3.05) is 12.4 Å².